The fourth-order valence-corrected chi connectivity index (χ4v) is 3.56. The lowest BCUT2D eigenvalue weighted by atomic mass is 10.0. The van der Waals surface area contributed by atoms with Gasteiger partial charge in [-0.1, -0.05) is 29.3 Å². The summed E-state index contributed by atoms with van der Waals surface area (Å²) in [7, 11) is 0. The first kappa shape index (κ1) is 14.1. The highest BCUT2D eigenvalue weighted by molar-refractivity contribution is 5.29. The minimum Gasteiger partial charge on any atom is -0.388 e. The van der Waals surface area contributed by atoms with E-state index in [0.29, 0.717) is 12.2 Å². The van der Waals surface area contributed by atoms with E-state index in [0.717, 1.165) is 31.6 Å². The number of benzene rings is 1. The van der Waals surface area contributed by atoms with Crippen molar-refractivity contribution in [1.82, 2.24) is 4.90 Å². The van der Waals surface area contributed by atoms with Crippen molar-refractivity contribution < 1.29 is 9.84 Å². The number of nitrogens with zero attached hydrogens (tertiary/aromatic N) is 1. The van der Waals surface area contributed by atoms with Crippen molar-refractivity contribution in [3.63, 3.8) is 0 Å². The second-order valence-electron chi connectivity index (χ2n) is 6.44. The van der Waals surface area contributed by atoms with Crippen molar-refractivity contribution in [3.05, 3.63) is 34.9 Å². The lowest BCUT2D eigenvalue weighted by Gasteiger charge is -2.32. The number of ether oxygens (including phenoxy) is 1. The molecule has 3 nitrogen and oxygen atoms in total. The summed E-state index contributed by atoms with van der Waals surface area (Å²) in [4.78, 5) is 2.46. The molecule has 0 saturated carbocycles. The zero-order valence-electron chi connectivity index (χ0n) is 12.5. The second kappa shape index (κ2) is 5.84. The van der Waals surface area contributed by atoms with Crippen LogP contribution in [0, 0.1) is 13.8 Å². The minimum absolute atomic E-state index is 0.353. The maximum Gasteiger partial charge on any atom is 0.0802 e. The van der Waals surface area contributed by atoms with E-state index in [9.17, 15) is 5.11 Å². The molecule has 3 atom stereocenters. The molecule has 2 aliphatic rings. The molecular weight excluding hydrogens is 250 g/mol. The summed E-state index contributed by atoms with van der Waals surface area (Å²) in [5.74, 6) is 0. The zero-order valence-corrected chi connectivity index (χ0v) is 12.5. The number of aliphatic hydroxyl groups excluding tert-OH is 1. The Kier molecular flexibility index (Phi) is 4.11. The third kappa shape index (κ3) is 3.22. The number of morpholine rings is 1. The molecule has 2 bridgehead atoms. The van der Waals surface area contributed by atoms with Crippen LogP contribution in [0.5, 0.6) is 0 Å². The number of likely N-dealkylation sites (tertiary alicyclic amines) is 1. The first-order valence-electron chi connectivity index (χ1n) is 7.74. The van der Waals surface area contributed by atoms with Gasteiger partial charge >= 0.3 is 0 Å². The van der Waals surface area contributed by atoms with Crippen molar-refractivity contribution >= 4 is 0 Å². The van der Waals surface area contributed by atoms with Gasteiger partial charge in [0.1, 0.15) is 0 Å². The lowest BCUT2D eigenvalue weighted by Crippen LogP contribution is -2.43. The summed E-state index contributed by atoms with van der Waals surface area (Å²) in [6.45, 7) is 7.21. The summed E-state index contributed by atoms with van der Waals surface area (Å²) >= 11 is 0. The molecule has 2 saturated heterocycles. The van der Waals surface area contributed by atoms with Crippen molar-refractivity contribution in [2.45, 2.75) is 51.4 Å². The first-order chi connectivity index (χ1) is 9.60. The number of aliphatic hydroxyl groups is 1. The largest absolute Gasteiger partial charge is 0.388 e. The number of hydrogen-bond donors (Lipinski definition) is 1. The molecule has 1 N–H and O–H groups in total. The van der Waals surface area contributed by atoms with Crippen LogP contribution >= 0.6 is 0 Å². The third-order valence-electron chi connectivity index (χ3n) is 4.47. The molecule has 1 aromatic carbocycles. The van der Waals surface area contributed by atoms with Crippen molar-refractivity contribution in [1.29, 1.82) is 0 Å². The standard InChI is InChI=1S/C17H25NO2/c1-12-7-13(2)9-14(8-12)17(19)5-6-18-10-15-3-4-16(11-18)20-15/h7-9,15-17,19H,3-6,10-11H2,1-2H3. The molecule has 0 amide bonds. The molecular formula is C17H25NO2. The monoisotopic (exact) mass is 275 g/mol. The number of fused-ring (bicyclic) bond motifs is 2. The SMILES string of the molecule is Cc1cc(C)cc(C(O)CCN2CC3CCC(C2)O3)c1. The predicted molar refractivity (Wildman–Crippen MR) is 79.8 cm³/mol. The van der Waals surface area contributed by atoms with Crippen LogP contribution in [-0.2, 0) is 4.74 Å². The Bertz CT molecular complexity index is 442. The molecule has 2 aliphatic heterocycles. The van der Waals surface area contributed by atoms with E-state index in [1.165, 1.54) is 24.0 Å². The van der Waals surface area contributed by atoms with Crippen LogP contribution in [0.3, 0.4) is 0 Å². The number of hydrogen-bond acceptors (Lipinski definition) is 3. The Labute approximate surface area is 121 Å². The molecule has 0 spiro atoms. The van der Waals surface area contributed by atoms with E-state index in [4.69, 9.17) is 4.74 Å². The van der Waals surface area contributed by atoms with E-state index in [2.05, 4.69) is 36.9 Å². The van der Waals surface area contributed by atoms with E-state index < -0.39 is 0 Å². The molecule has 2 fully saturated rings. The van der Waals surface area contributed by atoms with Gasteiger partial charge in [-0.15, -0.1) is 0 Å². The van der Waals surface area contributed by atoms with Crippen LogP contribution in [0.15, 0.2) is 18.2 Å². The maximum atomic E-state index is 10.4. The van der Waals surface area contributed by atoms with E-state index in [-0.39, 0.29) is 6.10 Å². The van der Waals surface area contributed by atoms with Crippen LogP contribution in [0.25, 0.3) is 0 Å². The summed E-state index contributed by atoms with van der Waals surface area (Å²) in [6.07, 6.45) is 3.75. The molecule has 3 heteroatoms. The first-order valence-corrected chi connectivity index (χ1v) is 7.74. The second-order valence-corrected chi connectivity index (χ2v) is 6.44. The molecule has 0 aliphatic carbocycles. The van der Waals surface area contributed by atoms with Gasteiger partial charge in [0.2, 0.25) is 0 Å². The maximum absolute atomic E-state index is 10.4. The third-order valence-corrected chi connectivity index (χ3v) is 4.47. The van der Waals surface area contributed by atoms with E-state index >= 15 is 0 Å². The lowest BCUT2D eigenvalue weighted by molar-refractivity contribution is -0.0414. The molecule has 20 heavy (non-hydrogen) atoms. The number of aryl methyl sites for hydroxylation is 2. The summed E-state index contributed by atoms with van der Waals surface area (Å²) in [5.41, 5.74) is 3.51. The molecule has 0 radical (unpaired) electrons. The molecule has 2 heterocycles. The van der Waals surface area contributed by atoms with Gasteiger partial charge in [-0.2, -0.15) is 0 Å². The van der Waals surface area contributed by atoms with E-state index in [1.54, 1.807) is 0 Å². The smallest absolute Gasteiger partial charge is 0.0802 e. The molecule has 0 aromatic heterocycles. The Hall–Kier alpha value is -0.900. The summed E-state index contributed by atoms with van der Waals surface area (Å²) < 4.78 is 5.85. The highest BCUT2D eigenvalue weighted by atomic mass is 16.5. The van der Waals surface area contributed by atoms with Gasteiger partial charge < -0.3 is 9.84 Å². The van der Waals surface area contributed by atoms with Crippen LogP contribution in [0.1, 0.15) is 42.1 Å². The van der Waals surface area contributed by atoms with Gasteiger partial charge in [0.15, 0.2) is 0 Å². The van der Waals surface area contributed by atoms with Gasteiger partial charge in [0.25, 0.3) is 0 Å². The van der Waals surface area contributed by atoms with Gasteiger partial charge in [-0.25, -0.2) is 0 Å². The normalized spacial score (nSPS) is 27.8. The quantitative estimate of drug-likeness (QED) is 0.917. The fourth-order valence-electron chi connectivity index (χ4n) is 3.56. The average molecular weight is 275 g/mol. The van der Waals surface area contributed by atoms with Crippen LogP contribution in [-0.4, -0.2) is 41.8 Å². The topological polar surface area (TPSA) is 32.7 Å². The highest BCUT2D eigenvalue weighted by Crippen LogP contribution is 2.27. The predicted octanol–water partition coefficient (Wildman–Crippen LogP) is 2.59. The van der Waals surface area contributed by atoms with Crippen molar-refractivity contribution in [2.75, 3.05) is 19.6 Å². The van der Waals surface area contributed by atoms with E-state index in [1.807, 2.05) is 0 Å². The van der Waals surface area contributed by atoms with Gasteiger partial charge in [-0.3, -0.25) is 4.90 Å². The molecule has 3 unspecified atom stereocenters. The fraction of sp³-hybridized carbons (Fsp3) is 0.647. The van der Waals surface area contributed by atoms with Crippen LogP contribution in [0.2, 0.25) is 0 Å². The van der Waals surface area contributed by atoms with Gasteiger partial charge in [0.05, 0.1) is 18.3 Å². The summed E-state index contributed by atoms with van der Waals surface area (Å²) in [6, 6.07) is 6.34. The Morgan fingerprint density at radius 2 is 1.75 bits per heavy atom. The van der Waals surface area contributed by atoms with Gasteiger partial charge in [-0.05, 0) is 38.7 Å². The Morgan fingerprint density at radius 1 is 1.15 bits per heavy atom. The summed E-state index contributed by atoms with van der Waals surface area (Å²) in [5, 5.41) is 10.4. The van der Waals surface area contributed by atoms with Crippen LogP contribution < -0.4 is 0 Å². The van der Waals surface area contributed by atoms with Gasteiger partial charge in [0, 0.05) is 19.6 Å². The minimum atomic E-state index is -0.353. The average Bonchev–Trinajstić information content (AvgIpc) is 2.74. The Morgan fingerprint density at radius 3 is 2.35 bits per heavy atom. The zero-order chi connectivity index (χ0) is 14.1. The molecule has 110 valence electrons. The van der Waals surface area contributed by atoms with Crippen LogP contribution in [0.4, 0.5) is 0 Å². The molecule has 1 aromatic rings. The number of rotatable bonds is 4. The Balaban J connectivity index is 1.55. The van der Waals surface area contributed by atoms with Crippen molar-refractivity contribution in [2.24, 2.45) is 0 Å². The molecule has 3 rings (SSSR count). The van der Waals surface area contributed by atoms with Crippen molar-refractivity contribution in [3.8, 4) is 0 Å². The highest BCUT2D eigenvalue weighted by Gasteiger charge is 2.33.